The van der Waals surface area contributed by atoms with Crippen molar-refractivity contribution >= 4 is 27.4 Å². The van der Waals surface area contributed by atoms with Crippen molar-refractivity contribution in [2.45, 2.75) is 42.9 Å². The van der Waals surface area contributed by atoms with E-state index < -0.39 is 26.6 Å². The highest BCUT2D eigenvalue weighted by molar-refractivity contribution is 7.86. The summed E-state index contributed by atoms with van der Waals surface area (Å²) in [5.41, 5.74) is 7.55. The van der Waals surface area contributed by atoms with E-state index in [4.69, 9.17) is 5.73 Å². The van der Waals surface area contributed by atoms with Crippen molar-refractivity contribution in [3.63, 3.8) is 0 Å². The summed E-state index contributed by atoms with van der Waals surface area (Å²) in [7, 11) is -4.64. The summed E-state index contributed by atoms with van der Waals surface area (Å²) >= 11 is 0. The molecule has 4 rings (SSSR count). The van der Waals surface area contributed by atoms with E-state index >= 15 is 0 Å². The Bertz CT molecular complexity index is 1080. The van der Waals surface area contributed by atoms with Crippen molar-refractivity contribution in [3.05, 3.63) is 58.1 Å². The second kappa shape index (κ2) is 6.28. The van der Waals surface area contributed by atoms with Crippen molar-refractivity contribution in [1.82, 2.24) is 0 Å². The van der Waals surface area contributed by atoms with Crippen LogP contribution in [0.25, 0.3) is 0 Å². The van der Waals surface area contributed by atoms with Gasteiger partial charge in [0.2, 0.25) is 0 Å². The number of carbonyl (C=O) groups is 2. The van der Waals surface area contributed by atoms with E-state index in [0.29, 0.717) is 11.3 Å². The summed E-state index contributed by atoms with van der Waals surface area (Å²) in [4.78, 5) is 25.8. The molecule has 7 heteroatoms. The number of carbonyl (C=O) groups excluding carboxylic acids is 2. The van der Waals surface area contributed by atoms with Crippen LogP contribution in [0.2, 0.25) is 0 Å². The van der Waals surface area contributed by atoms with Crippen LogP contribution in [0, 0.1) is 0 Å². The Morgan fingerprint density at radius 3 is 2.19 bits per heavy atom. The van der Waals surface area contributed by atoms with Crippen LogP contribution >= 0.6 is 0 Å². The molecule has 6 nitrogen and oxygen atoms in total. The monoisotopic (exact) mass is 385 g/mol. The molecule has 2 aliphatic rings. The van der Waals surface area contributed by atoms with Crippen molar-refractivity contribution in [3.8, 4) is 0 Å². The zero-order chi connectivity index (χ0) is 19.3. The first-order valence-corrected chi connectivity index (χ1v) is 10.4. The molecule has 3 N–H and O–H groups in total. The van der Waals surface area contributed by atoms with Crippen LogP contribution in [0.5, 0.6) is 0 Å². The quantitative estimate of drug-likeness (QED) is 0.516. The third-order valence-corrected chi connectivity index (χ3v) is 6.44. The topological polar surface area (TPSA) is 115 Å². The average molecular weight is 385 g/mol. The Morgan fingerprint density at radius 1 is 0.889 bits per heavy atom. The van der Waals surface area contributed by atoms with Gasteiger partial charge in [-0.1, -0.05) is 31.4 Å². The molecule has 0 bridgehead atoms. The minimum atomic E-state index is -4.64. The molecule has 2 aromatic carbocycles. The number of nitrogens with two attached hydrogens (primary N) is 1. The molecular formula is C20H19NO5S. The SMILES string of the molecule is Nc1ccc2c(c1C1CCCCC1)C(=O)c1cccc(S(=O)(=O)O)c1C2=O. The Kier molecular flexibility index (Phi) is 4.16. The molecular weight excluding hydrogens is 366 g/mol. The molecule has 27 heavy (non-hydrogen) atoms. The number of rotatable bonds is 2. The van der Waals surface area contributed by atoms with Gasteiger partial charge in [-0.15, -0.1) is 0 Å². The molecule has 0 atom stereocenters. The Balaban J connectivity index is 1.98. The lowest BCUT2D eigenvalue weighted by Gasteiger charge is -2.29. The number of anilines is 1. The standard InChI is InChI=1S/C20H19NO5S/c21-14-10-9-13-18(16(14)11-5-2-1-3-6-11)20(23)12-7-4-8-15(27(24,25)26)17(12)19(13)22/h4,7-11H,1-3,5-6,21H2,(H,24,25,26). The van der Waals surface area contributed by atoms with E-state index in [0.717, 1.165) is 38.2 Å². The van der Waals surface area contributed by atoms with Crippen LogP contribution in [-0.4, -0.2) is 24.5 Å². The van der Waals surface area contributed by atoms with E-state index in [1.165, 1.54) is 18.2 Å². The number of fused-ring (bicyclic) bond motifs is 2. The van der Waals surface area contributed by atoms with Crippen LogP contribution in [-0.2, 0) is 10.1 Å². The summed E-state index contributed by atoms with van der Waals surface area (Å²) in [5, 5.41) is 0. The molecule has 140 valence electrons. The van der Waals surface area contributed by atoms with E-state index in [-0.39, 0.29) is 28.2 Å². The predicted molar refractivity (Wildman–Crippen MR) is 99.8 cm³/mol. The van der Waals surface area contributed by atoms with Gasteiger partial charge in [0.25, 0.3) is 10.1 Å². The lowest BCUT2D eigenvalue weighted by atomic mass is 9.75. The Labute approximate surface area is 157 Å². The molecule has 0 heterocycles. The maximum Gasteiger partial charge on any atom is 0.295 e. The Morgan fingerprint density at radius 2 is 1.52 bits per heavy atom. The first-order valence-electron chi connectivity index (χ1n) is 8.93. The molecule has 0 spiro atoms. The van der Waals surface area contributed by atoms with Crippen LogP contribution in [0.3, 0.4) is 0 Å². The fourth-order valence-corrected chi connectivity index (χ4v) is 5.05. The van der Waals surface area contributed by atoms with E-state index in [9.17, 15) is 22.6 Å². The second-order valence-corrected chi connectivity index (χ2v) is 8.53. The summed E-state index contributed by atoms with van der Waals surface area (Å²) in [6.07, 6.45) is 5.03. The lowest BCUT2D eigenvalue weighted by Crippen LogP contribution is -2.26. The molecule has 0 saturated heterocycles. The van der Waals surface area contributed by atoms with Gasteiger partial charge in [0.15, 0.2) is 11.6 Å². The van der Waals surface area contributed by atoms with E-state index in [1.54, 1.807) is 6.07 Å². The zero-order valence-corrected chi connectivity index (χ0v) is 15.4. The third kappa shape index (κ3) is 2.78. The van der Waals surface area contributed by atoms with Crippen molar-refractivity contribution in [2.75, 3.05) is 5.73 Å². The first kappa shape index (κ1) is 17.9. The normalized spacial score (nSPS) is 17.5. The second-order valence-electron chi connectivity index (χ2n) is 7.14. The van der Waals surface area contributed by atoms with Gasteiger partial charge in [-0.25, -0.2) is 0 Å². The van der Waals surface area contributed by atoms with Crippen LogP contribution < -0.4 is 5.73 Å². The lowest BCUT2D eigenvalue weighted by molar-refractivity contribution is 0.0975. The minimum Gasteiger partial charge on any atom is -0.398 e. The molecule has 0 radical (unpaired) electrons. The number of benzene rings is 2. The molecule has 0 aromatic heterocycles. The number of hydrogen-bond donors (Lipinski definition) is 2. The number of hydrogen-bond acceptors (Lipinski definition) is 5. The molecule has 2 aliphatic carbocycles. The molecule has 0 unspecified atom stereocenters. The predicted octanol–water partition coefficient (Wildman–Crippen LogP) is 3.34. The van der Waals surface area contributed by atoms with E-state index in [1.807, 2.05) is 0 Å². The summed E-state index contributed by atoms with van der Waals surface area (Å²) in [5.74, 6) is -0.889. The smallest absolute Gasteiger partial charge is 0.295 e. The van der Waals surface area contributed by atoms with Gasteiger partial charge < -0.3 is 5.73 Å². The third-order valence-electron chi connectivity index (χ3n) is 5.54. The van der Waals surface area contributed by atoms with Gasteiger partial charge >= 0.3 is 0 Å². The number of nitrogen functional groups attached to an aromatic ring is 1. The van der Waals surface area contributed by atoms with Crippen LogP contribution in [0.4, 0.5) is 5.69 Å². The van der Waals surface area contributed by atoms with Gasteiger partial charge in [0, 0.05) is 22.4 Å². The highest BCUT2D eigenvalue weighted by Gasteiger charge is 2.37. The minimum absolute atomic E-state index is 0.00900. The molecule has 2 aromatic rings. The van der Waals surface area contributed by atoms with Gasteiger partial charge in [-0.2, -0.15) is 8.42 Å². The summed E-state index contributed by atoms with van der Waals surface area (Å²) < 4.78 is 32.9. The molecule has 0 amide bonds. The molecule has 1 saturated carbocycles. The highest BCUT2D eigenvalue weighted by atomic mass is 32.2. The zero-order valence-electron chi connectivity index (χ0n) is 14.6. The van der Waals surface area contributed by atoms with E-state index in [2.05, 4.69) is 0 Å². The highest BCUT2D eigenvalue weighted by Crippen LogP contribution is 2.42. The molecule has 1 fully saturated rings. The average Bonchev–Trinajstić information content (AvgIpc) is 2.65. The van der Waals surface area contributed by atoms with Crippen LogP contribution in [0.15, 0.2) is 35.2 Å². The molecule has 0 aliphatic heterocycles. The van der Waals surface area contributed by atoms with Gasteiger partial charge in [-0.05, 0) is 42.5 Å². The van der Waals surface area contributed by atoms with Gasteiger partial charge in [0.05, 0.1) is 5.56 Å². The van der Waals surface area contributed by atoms with Crippen LogP contribution in [0.1, 0.15) is 75.4 Å². The fraction of sp³-hybridized carbons (Fsp3) is 0.300. The fourth-order valence-electron chi connectivity index (χ4n) is 4.34. The Hall–Kier alpha value is -2.51. The van der Waals surface area contributed by atoms with Crippen molar-refractivity contribution < 1.29 is 22.6 Å². The first-order chi connectivity index (χ1) is 12.8. The summed E-state index contributed by atoms with van der Waals surface area (Å²) in [6, 6.07) is 6.98. The van der Waals surface area contributed by atoms with Crippen molar-refractivity contribution in [1.29, 1.82) is 0 Å². The maximum absolute atomic E-state index is 13.3. The van der Waals surface area contributed by atoms with Gasteiger partial charge in [-0.3, -0.25) is 14.1 Å². The maximum atomic E-state index is 13.3. The van der Waals surface area contributed by atoms with Gasteiger partial charge in [0.1, 0.15) is 4.90 Å². The summed E-state index contributed by atoms with van der Waals surface area (Å²) in [6.45, 7) is 0. The largest absolute Gasteiger partial charge is 0.398 e. The number of ketones is 2. The van der Waals surface area contributed by atoms with Crippen molar-refractivity contribution in [2.24, 2.45) is 0 Å².